The van der Waals surface area contributed by atoms with Gasteiger partial charge in [-0.3, -0.25) is 4.68 Å². The molecule has 1 aromatic heterocycles. The van der Waals surface area contributed by atoms with Gasteiger partial charge < -0.3 is 10.2 Å². The Morgan fingerprint density at radius 2 is 2.11 bits per heavy atom. The molecule has 0 fully saturated rings. The predicted octanol–water partition coefficient (Wildman–Crippen LogP) is 2.67. The molecule has 0 amide bonds. The second kappa shape index (κ2) is 8.33. The van der Waals surface area contributed by atoms with Gasteiger partial charge in [-0.25, -0.2) is 0 Å². The van der Waals surface area contributed by atoms with E-state index < -0.39 is 0 Å². The maximum Gasteiger partial charge on any atom is 0.0762 e. The molecule has 0 aromatic carbocycles. The second-order valence-electron chi connectivity index (χ2n) is 5.65. The summed E-state index contributed by atoms with van der Waals surface area (Å²) in [7, 11) is 2.18. The summed E-state index contributed by atoms with van der Waals surface area (Å²) in [6.07, 6.45) is 4.38. The van der Waals surface area contributed by atoms with E-state index in [0.29, 0.717) is 12.1 Å². The SMILES string of the molecule is CCC(C)n1ccc(CNCCCN(C)C(C)C)n1. The monoisotopic (exact) mass is 266 g/mol. The van der Waals surface area contributed by atoms with Gasteiger partial charge >= 0.3 is 0 Å². The number of nitrogens with zero attached hydrogens (tertiary/aromatic N) is 3. The van der Waals surface area contributed by atoms with Crippen molar-refractivity contribution in [1.29, 1.82) is 0 Å². The van der Waals surface area contributed by atoms with Crippen LogP contribution in [0.25, 0.3) is 0 Å². The third-order valence-electron chi connectivity index (χ3n) is 3.76. The Kier molecular flexibility index (Phi) is 7.10. The molecule has 1 N–H and O–H groups in total. The molecule has 0 aliphatic heterocycles. The molecule has 0 aliphatic carbocycles. The van der Waals surface area contributed by atoms with E-state index in [-0.39, 0.29) is 0 Å². The van der Waals surface area contributed by atoms with Gasteiger partial charge in [0.1, 0.15) is 0 Å². The van der Waals surface area contributed by atoms with Crippen LogP contribution in [0, 0.1) is 0 Å². The molecule has 0 aliphatic rings. The van der Waals surface area contributed by atoms with E-state index in [4.69, 9.17) is 0 Å². The van der Waals surface area contributed by atoms with E-state index in [9.17, 15) is 0 Å². The highest BCUT2D eigenvalue weighted by molar-refractivity contribution is 4.99. The van der Waals surface area contributed by atoms with Gasteiger partial charge in [-0.2, -0.15) is 5.10 Å². The Morgan fingerprint density at radius 3 is 2.74 bits per heavy atom. The first kappa shape index (κ1) is 16.2. The Bertz CT molecular complexity index is 346. The number of hydrogen-bond acceptors (Lipinski definition) is 3. The Morgan fingerprint density at radius 1 is 1.37 bits per heavy atom. The molecule has 1 aromatic rings. The molecule has 4 heteroatoms. The summed E-state index contributed by atoms with van der Waals surface area (Å²) in [6.45, 7) is 11.9. The third-order valence-corrected chi connectivity index (χ3v) is 3.76. The summed E-state index contributed by atoms with van der Waals surface area (Å²) >= 11 is 0. The Labute approximate surface area is 118 Å². The average molecular weight is 266 g/mol. The predicted molar refractivity (Wildman–Crippen MR) is 81.3 cm³/mol. The highest BCUT2D eigenvalue weighted by Crippen LogP contribution is 2.08. The van der Waals surface area contributed by atoms with Crippen LogP contribution in [-0.2, 0) is 6.54 Å². The van der Waals surface area contributed by atoms with Crippen molar-refractivity contribution in [3.05, 3.63) is 18.0 Å². The first-order valence-corrected chi connectivity index (χ1v) is 7.49. The highest BCUT2D eigenvalue weighted by atomic mass is 15.3. The van der Waals surface area contributed by atoms with Crippen molar-refractivity contribution in [3.8, 4) is 0 Å². The number of aromatic nitrogens is 2. The summed E-state index contributed by atoms with van der Waals surface area (Å²) in [6, 6.07) is 3.24. The van der Waals surface area contributed by atoms with E-state index in [2.05, 4.69) is 67.0 Å². The molecule has 0 bridgehead atoms. The summed E-state index contributed by atoms with van der Waals surface area (Å²) in [4.78, 5) is 2.37. The molecule has 1 heterocycles. The van der Waals surface area contributed by atoms with Gasteiger partial charge in [0.25, 0.3) is 0 Å². The first-order valence-electron chi connectivity index (χ1n) is 7.49. The molecule has 0 saturated carbocycles. The number of hydrogen-bond donors (Lipinski definition) is 1. The zero-order valence-corrected chi connectivity index (χ0v) is 13.2. The minimum absolute atomic E-state index is 0.494. The topological polar surface area (TPSA) is 33.1 Å². The van der Waals surface area contributed by atoms with Crippen molar-refractivity contribution in [2.75, 3.05) is 20.1 Å². The standard InChI is InChI=1S/C15H30N4/c1-6-14(4)19-11-8-15(17-19)12-16-9-7-10-18(5)13(2)3/h8,11,13-14,16H,6-7,9-10,12H2,1-5H3. The zero-order valence-electron chi connectivity index (χ0n) is 13.2. The van der Waals surface area contributed by atoms with E-state index in [0.717, 1.165) is 31.7 Å². The van der Waals surface area contributed by atoms with Crippen LogP contribution in [0.5, 0.6) is 0 Å². The highest BCUT2D eigenvalue weighted by Gasteiger charge is 2.04. The van der Waals surface area contributed by atoms with Crippen LogP contribution < -0.4 is 5.32 Å². The fraction of sp³-hybridized carbons (Fsp3) is 0.800. The van der Waals surface area contributed by atoms with Crippen molar-refractivity contribution in [2.24, 2.45) is 0 Å². The summed E-state index contributed by atoms with van der Waals surface area (Å²) in [5, 5.41) is 8.05. The van der Waals surface area contributed by atoms with Crippen LogP contribution in [0.4, 0.5) is 0 Å². The van der Waals surface area contributed by atoms with Crippen molar-refractivity contribution in [2.45, 2.75) is 59.2 Å². The third kappa shape index (κ3) is 5.74. The van der Waals surface area contributed by atoms with Crippen molar-refractivity contribution in [1.82, 2.24) is 20.0 Å². The lowest BCUT2D eigenvalue weighted by atomic mass is 10.3. The Hall–Kier alpha value is -0.870. The van der Waals surface area contributed by atoms with E-state index >= 15 is 0 Å². The zero-order chi connectivity index (χ0) is 14.3. The lowest BCUT2D eigenvalue weighted by Crippen LogP contribution is -2.29. The van der Waals surface area contributed by atoms with Crippen LogP contribution in [-0.4, -0.2) is 40.9 Å². The molecule has 1 rings (SSSR count). The van der Waals surface area contributed by atoms with Crippen LogP contribution in [0.15, 0.2) is 12.3 Å². The fourth-order valence-electron chi connectivity index (χ4n) is 1.83. The summed E-state index contributed by atoms with van der Waals surface area (Å²) < 4.78 is 2.06. The van der Waals surface area contributed by atoms with Crippen molar-refractivity contribution >= 4 is 0 Å². The van der Waals surface area contributed by atoms with Gasteiger partial charge in [-0.1, -0.05) is 6.92 Å². The number of rotatable bonds is 9. The maximum atomic E-state index is 4.59. The molecule has 1 atom stereocenters. The minimum Gasteiger partial charge on any atom is -0.311 e. The van der Waals surface area contributed by atoms with Gasteiger partial charge in [0, 0.05) is 24.8 Å². The molecule has 0 spiro atoms. The number of nitrogens with one attached hydrogen (secondary N) is 1. The molecule has 0 saturated heterocycles. The minimum atomic E-state index is 0.494. The van der Waals surface area contributed by atoms with Crippen LogP contribution in [0.3, 0.4) is 0 Å². The molecule has 110 valence electrons. The average Bonchev–Trinajstić information content (AvgIpc) is 2.85. The summed E-state index contributed by atoms with van der Waals surface area (Å²) in [5.74, 6) is 0. The lowest BCUT2D eigenvalue weighted by molar-refractivity contribution is 0.269. The molecule has 1 unspecified atom stereocenters. The van der Waals surface area contributed by atoms with Crippen molar-refractivity contribution < 1.29 is 0 Å². The summed E-state index contributed by atoms with van der Waals surface area (Å²) in [5.41, 5.74) is 1.14. The van der Waals surface area contributed by atoms with Gasteiger partial charge in [-0.05, 0) is 59.8 Å². The largest absolute Gasteiger partial charge is 0.311 e. The smallest absolute Gasteiger partial charge is 0.0762 e. The first-order chi connectivity index (χ1) is 9.04. The Balaban J connectivity index is 2.17. The van der Waals surface area contributed by atoms with Crippen LogP contribution in [0.2, 0.25) is 0 Å². The molecular weight excluding hydrogens is 236 g/mol. The van der Waals surface area contributed by atoms with E-state index in [1.54, 1.807) is 0 Å². The second-order valence-corrected chi connectivity index (χ2v) is 5.65. The quantitative estimate of drug-likeness (QED) is 0.698. The van der Waals surface area contributed by atoms with Gasteiger partial charge in [0.05, 0.1) is 5.69 Å². The van der Waals surface area contributed by atoms with Gasteiger partial charge in [0.2, 0.25) is 0 Å². The molecular formula is C15H30N4. The van der Waals surface area contributed by atoms with Gasteiger partial charge in [0.15, 0.2) is 0 Å². The fourth-order valence-corrected chi connectivity index (χ4v) is 1.83. The lowest BCUT2D eigenvalue weighted by Gasteiger charge is -2.20. The van der Waals surface area contributed by atoms with E-state index in [1.807, 2.05) is 0 Å². The maximum absolute atomic E-state index is 4.59. The molecule has 0 radical (unpaired) electrons. The van der Waals surface area contributed by atoms with Crippen LogP contribution >= 0.6 is 0 Å². The van der Waals surface area contributed by atoms with Crippen LogP contribution in [0.1, 0.15) is 52.3 Å². The van der Waals surface area contributed by atoms with Gasteiger partial charge in [-0.15, -0.1) is 0 Å². The normalized spacial score (nSPS) is 13.4. The molecule has 19 heavy (non-hydrogen) atoms. The van der Waals surface area contributed by atoms with E-state index in [1.165, 1.54) is 6.42 Å². The molecule has 4 nitrogen and oxygen atoms in total. The van der Waals surface area contributed by atoms with Crippen molar-refractivity contribution in [3.63, 3.8) is 0 Å².